The third-order valence-electron chi connectivity index (χ3n) is 6.85. The Morgan fingerprint density at radius 2 is 1.74 bits per heavy atom. The average Bonchev–Trinajstić information content (AvgIpc) is 3.63. The van der Waals surface area contributed by atoms with Crippen LogP contribution in [-0.4, -0.2) is 42.3 Å². The van der Waals surface area contributed by atoms with Gasteiger partial charge in [-0.1, -0.05) is 18.2 Å². The van der Waals surface area contributed by atoms with Crippen molar-refractivity contribution in [3.63, 3.8) is 0 Å². The van der Waals surface area contributed by atoms with Gasteiger partial charge in [0.15, 0.2) is 18.1 Å². The molecule has 6 rings (SSSR count). The number of nitrogens with one attached hydrogen (secondary N) is 1. The molecule has 8 nitrogen and oxygen atoms in total. The predicted octanol–water partition coefficient (Wildman–Crippen LogP) is 4.67. The van der Waals surface area contributed by atoms with Crippen LogP contribution in [0.2, 0.25) is 0 Å². The van der Waals surface area contributed by atoms with Crippen molar-refractivity contribution >= 4 is 34.3 Å². The van der Waals surface area contributed by atoms with Crippen molar-refractivity contribution in [1.29, 1.82) is 0 Å². The van der Waals surface area contributed by atoms with Crippen molar-refractivity contribution in [3.05, 3.63) is 54.1 Å². The van der Waals surface area contributed by atoms with Crippen LogP contribution in [-0.2, 0) is 9.53 Å². The van der Waals surface area contributed by atoms with Gasteiger partial charge in [0, 0.05) is 43.1 Å². The minimum Gasteiger partial charge on any atom is -0.452 e. The molecular weight excluding hydrogens is 446 g/mol. The second-order valence-electron chi connectivity index (χ2n) is 9.35. The highest BCUT2D eigenvalue weighted by molar-refractivity contribution is 6.01. The molecule has 1 N–H and O–H groups in total. The number of fused-ring (bicyclic) bond motifs is 2. The number of benzene rings is 2. The number of amides is 1. The molecule has 2 aliphatic heterocycles. The zero-order chi connectivity index (χ0) is 23.8. The molecule has 3 aliphatic rings. The Kier molecular flexibility index (Phi) is 5.43. The Hall–Kier alpha value is -3.81. The number of aromatic nitrogens is 1. The van der Waals surface area contributed by atoms with Crippen LogP contribution in [0.25, 0.3) is 10.9 Å². The maximum atomic E-state index is 13.0. The smallest absolute Gasteiger partial charge is 0.342 e. The highest BCUT2D eigenvalue weighted by Crippen LogP contribution is 2.47. The monoisotopic (exact) mass is 473 g/mol. The van der Waals surface area contributed by atoms with Gasteiger partial charge in [0.25, 0.3) is 11.7 Å². The number of hydrogen-bond acceptors (Lipinski definition) is 7. The van der Waals surface area contributed by atoms with Crippen molar-refractivity contribution in [3.8, 4) is 11.5 Å². The molecule has 1 aromatic heterocycles. The fourth-order valence-corrected chi connectivity index (χ4v) is 5.12. The molecule has 8 heteroatoms. The number of nitrogens with zero attached hydrogens (tertiary/aromatic N) is 2. The first-order chi connectivity index (χ1) is 17.1. The number of esters is 1. The van der Waals surface area contributed by atoms with E-state index < -0.39 is 24.3 Å². The lowest BCUT2D eigenvalue weighted by Gasteiger charge is -2.21. The molecule has 1 saturated carbocycles. The van der Waals surface area contributed by atoms with Crippen LogP contribution in [0.3, 0.4) is 0 Å². The lowest BCUT2D eigenvalue weighted by Crippen LogP contribution is -2.34. The third kappa shape index (κ3) is 4.24. The highest BCUT2D eigenvalue weighted by Gasteiger charge is 2.44. The van der Waals surface area contributed by atoms with Gasteiger partial charge in [0.1, 0.15) is 11.4 Å². The Balaban J connectivity index is 1.13. The van der Waals surface area contributed by atoms with E-state index in [9.17, 15) is 9.59 Å². The summed E-state index contributed by atoms with van der Waals surface area (Å²) in [6.45, 7) is 1.29. The van der Waals surface area contributed by atoms with Crippen LogP contribution in [0.5, 0.6) is 11.5 Å². The summed E-state index contributed by atoms with van der Waals surface area (Å²) < 4.78 is 17.5. The van der Waals surface area contributed by atoms with E-state index in [1.54, 1.807) is 24.3 Å². The van der Waals surface area contributed by atoms with E-state index in [4.69, 9.17) is 19.2 Å². The zero-order valence-electron chi connectivity index (χ0n) is 19.4. The summed E-state index contributed by atoms with van der Waals surface area (Å²) in [5.41, 5.74) is 1.77. The van der Waals surface area contributed by atoms with Crippen LogP contribution in [0.4, 0.5) is 11.5 Å². The van der Waals surface area contributed by atoms with Crippen molar-refractivity contribution in [2.45, 2.75) is 44.3 Å². The van der Waals surface area contributed by atoms with Crippen molar-refractivity contribution in [1.82, 2.24) is 4.98 Å². The van der Waals surface area contributed by atoms with Gasteiger partial charge < -0.3 is 24.4 Å². The molecule has 0 radical (unpaired) electrons. The highest BCUT2D eigenvalue weighted by atomic mass is 16.7. The van der Waals surface area contributed by atoms with Crippen molar-refractivity contribution in [2.24, 2.45) is 0 Å². The first-order valence-electron chi connectivity index (χ1n) is 12.2. The van der Waals surface area contributed by atoms with Crippen LogP contribution in [0.1, 0.15) is 48.9 Å². The SMILES string of the molecule is O=C(COC(=O)c1cc2ccccc2nc1N1CCCC1)Nc1ccc2c(c1)OC1(CCCC1)O2. The van der Waals surface area contributed by atoms with Gasteiger partial charge >= 0.3 is 5.97 Å². The van der Waals surface area contributed by atoms with E-state index in [2.05, 4.69) is 10.2 Å². The standard InChI is InChI=1S/C27H27N3O5/c31-24(28-19-9-10-22-23(16-19)35-27(34-22)11-3-4-12-27)17-33-26(32)20-15-18-7-1-2-8-21(18)29-25(20)30-13-5-6-14-30/h1-2,7-10,15-16H,3-6,11-14,17H2,(H,28,31). The molecule has 35 heavy (non-hydrogen) atoms. The lowest BCUT2D eigenvalue weighted by atomic mass is 10.1. The van der Waals surface area contributed by atoms with Crippen LogP contribution in [0, 0.1) is 0 Å². The van der Waals surface area contributed by atoms with E-state index in [0.29, 0.717) is 28.6 Å². The summed E-state index contributed by atoms with van der Waals surface area (Å²) in [5, 5.41) is 3.63. The van der Waals surface area contributed by atoms with Crippen molar-refractivity contribution < 1.29 is 23.8 Å². The fraction of sp³-hybridized carbons (Fsp3) is 0.370. The number of rotatable bonds is 5. The maximum Gasteiger partial charge on any atom is 0.342 e. The molecule has 0 atom stereocenters. The lowest BCUT2D eigenvalue weighted by molar-refractivity contribution is -0.119. The molecule has 180 valence electrons. The molecular formula is C27H27N3O5. The molecule has 1 spiro atoms. The Bertz CT molecular complexity index is 1300. The van der Waals surface area contributed by atoms with E-state index in [1.807, 2.05) is 24.3 Å². The number of pyridine rings is 1. The van der Waals surface area contributed by atoms with E-state index in [1.165, 1.54) is 0 Å². The number of carbonyl (C=O) groups is 2. The summed E-state index contributed by atoms with van der Waals surface area (Å²) >= 11 is 0. The zero-order valence-corrected chi connectivity index (χ0v) is 19.4. The molecule has 2 fully saturated rings. The first-order valence-corrected chi connectivity index (χ1v) is 12.2. The minimum atomic E-state index is -0.561. The molecule has 0 bridgehead atoms. The number of ether oxygens (including phenoxy) is 3. The predicted molar refractivity (Wildman–Crippen MR) is 131 cm³/mol. The quantitative estimate of drug-likeness (QED) is 0.539. The fourth-order valence-electron chi connectivity index (χ4n) is 5.12. The molecule has 1 amide bonds. The average molecular weight is 474 g/mol. The molecule has 1 aliphatic carbocycles. The summed E-state index contributed by atoms with van der Waals surface area (Å²) in [4.78, 5) is 32.4. The van der Waals surface area contributed by atoms with Crippen LogP contribution in [0.15, 0.2) is 48.5 Å². The Morgan fingerprint density at radius 1 is 0.971 bits per heavy atom. The molecule has 3 aromatic rings. The van der Waals surface area contributed by atoms with Crippen LogP contribution < -0.4 is 19.7 Å². The normalized spacial score (nSPS) is 17.8. The number of para-hydroxylation sites is 1. The first kappa shape index (κ1) is 21.7. The summed E-state index contributed by atoms with van der Waals surface area (Å²) in [5.74, 6) is 0.386. The molecule has 1 saturated heterocycles. The number of carbonyl (C=O) groups excluding carboxylic acids is 2. The Morgan fingerprint density at radius 3 is 2.57 bits per heavy atom. The van der Waals surface area contributed by atoms with Gasteiger partial charge in [-0.3, -0.25) is 4.79 Å². The summed E-state index contributed by atoms with van der Waals surface area (Å²) in [6, 6.07) is 14.8. The number of hydrogen-bond donors (Lipinski definition) is 1. The van der Waals surface area contributed by atoms with E-state index >= 15 is 0 Å². The van der Waals surface area contributed by atoms with Gasteiger partial charge in [-0.2, -0.15) is 0 Å². The topological polar surface area (TPSA) is 90.0 Å². The van der Waals surface area contributed by atoms with E-state index in [0.717, 1.165) is 62.5 Å². The van der Waals surface area contributed by atoms with Crippen molar-refractivity contribution in [2.75, 3.05) is 29.9 Å². The second-order valence-corrected chi connectivity index (χ2v) is 9.35. The van der Waals surface area contributed by atoms with Gasteiger partial charge in [-0.25, -0.2) is 9.78 Å². The number of anilines is 2. The third-order valence-corrected chi connectivity index (χ3v) is 6.85. The maximum absolute atomic E-state index is 13.0. The van der Waals surface area contributed by atoms with Gasteiger partial charge in [-0.05, 0) is 49.9 Å². The minimum absolute atomic E-state index is 0.378. The van der Waals surface area contributed by atoms with Crippen LogP contribution >= 0.6 is 0 Å². The van der Waals surface area contributed by atoms with Gasteiger partial charge in [0.05, 0.1) is 5.52 Å². The molecule has 0 unspecified atom stereocenters. The second kappa shape index (κ2) is 8.76. The summed E-state index contributed by atoms with van der Waals surface area (Å²) in [7, 11) is 0. The largest absolute Gasteiger partial charge is 0.452 e. The van der Waals surface area contributed by atoms with Gasteiger partial charge in [-0.15, -0.1) is 0 Å². The van der Waals surface area contributed by atoms with Gasteiger partial charge in [0.2, 0.25) is 0 Å². The Labute approximate surface area is 203 Å². The molecule has 2 aromatic carbocycles. The summed E-state index contributed by atoms with van der Waals surface area (Å²) in [6.07, 6.45) is 6.00. The molecule has 3 heterocycles. The van der Waals surface area contributed by atoms with E-state index in [-0.39, 0.29) is 0 Å².